The number of rotatable bonds is 6. The summed E-state index contributed by atoms with van der Waals surface area (Å²) in [7, 11) is 0. The number of alkyl halides is 1. The quantitative estimate of drug-likeness (QED) is 0.540. The van der Waals surface area contributed by atoms with Crippen molar-refractivity contribution in [2.75, 3.05) is 12.5 Å². The van der Waals surface area contributed by atoms with Gasteiger partial charge in [-0.1, -0.05) is 38.7 Å². The lowest BCUT2D eigenvalue weighted by atomic mass is 10.00. The average Bonchev–Trinajstić information content (AvgIpc) is 2.36. The van der Waals surface area contributed by atoms with Crippen LogP contribution in [0.5, 0.6) is 5.75 Å². The molecule has 1 rings (SSSR count). The SMILES string of the molecule is CC(C)CC(C)COc1cccc(C#CCCCl)c1. The van der Waals surface area contributed by atoms with Crippen LogP contribution >= 0.6 is 11.6 Å². The molecule has 0 aromatic heterocycles. The van der Waals surface area contributed by atoms with Gasteiger partial charge in [0.1, 0.15) is 5.75 Å². The zero-order valence-corrected chi connectivity index (χ0v) is 12.8. The summed E-state index contributed by atoms with van der Waals surface area (Å²) in [4.78, 5) is 0. The van der Waals surface area contributed by atoms with E-state index in [2.05, 4.69) is 32.6 Å². The van der Waals surface area contributed by atoms with E-state index in [9.17, 15) is 0 Å². The molecule has 0 N–H and O–H groups in total. The highest BCUT2D eigenvalue weighted by molar-refractivity contribution is 6.18. The van der Waals surface area contributed by atoms with E-state index >= 15 is 0 Å². The van der Waals surface area contributed by atoms with Crippen LogP contribution in [0.1, 0.15) is 39.2 Å². The van der Waals surface area contributed by atoms with Gasteiger partial charge >= 0.3 is 0 Å². The van der Waals surface area contributed by atoms with E-state index < -0.39 is 0 Å². The molecule has 0 aliphatic carbocycles. The van der Waals surface area contributed by atoms with E-state index in [1.165, 1.54) is 6.42 Å². The molecule has 104 valence electrons. The van der Waals surface area contributed by atoms with E-state index in [0.29, 0.717) is 17.7 Å². The molecule has 0 heterocycles. The van der Waals surface area contributed by atoms with Gasteiger partial charge in [-0.3, -0.25) is 0 Å². The maximum absolute atomic E-state index is 5.82. The molecule has 0 fully saturated rings. The molecule has 0 aliphatic rings. The molecule has 0 saturated heterocycles. The predicted octanol–water partition coefficient (Wildman–Crippen LogP) is 4.73. The maximum atomic E-state index is 5.82. The summed E-state index contributed by atoms with van der Waals surface area (Å²) in [5.41, 5.74) is 0.985. The molecule has 2 heteroatoms. The first kappa shape index (κ1) is 15.9. The van der Waals surface area contributed by atoms with Crippen molar-refractivity contribution < 1.29 is 4.74 Å². The summed E-state index contributed by atoms with van der Waals surface area (Å²) in [5.74, 6) is 8.89. The highest BCUT2D eigenvalue weighted by Crippen LogP contribution is 2.16. The normalized spacial score (nSPS) is 11.8. The van der Waals surface area contributed by atoms with Crippen molar-refractivity contribution in [3.05, 3.63) is 29.8 Å². The van der Waals surface area contributed by atoms with Gasteiger partial charge in [-0.05, 0) is 36.5 Å². The monoisotopic (exact) mass is 278 g/mol. The van der Waals surface area contributed by atoms with E-state index in [1.807, 2.05) is 24.3 Å². The van der Waals surface area contributed by atoms with Gasteiger partial charge in [0.25, 0.3) is 0 Å². The van der Waals surface area contributed by atoms with Gasteiger partial charge in [0.15, 0.2) is 0 Å². The lowest BCUT2D eigenvalue weighted by Gasteiger charge is -2.15. The second-order valence-corrected chi connectivity index (χ2v) is 5.69. The summed E-state index contributed by atoms with van der Waals surface area (Å²) in [6.45, 7) is 7.47. The van der Waals surface area contributed by atoms with Crippen LogP contribution in [0.25, 0.3) is 0 Å². The summed E-state index contributed by atoms with van der Waals surface area (Å²) in [5, 5.41) is 0. The third kappa shape index (κ3) is 7.13. The van der Waals surface area contributed by atoms with Crippen LogP contribution in [0.3, 0.4) is 0 Å². The van der Waals surface area contributed by atoms with E-state index in [0.717, 1.165) is 24.3 Å². The fourth-order valence-electron chi connectivity index (χ4n) is 1.99. The molecule has 0 bridgehead atoms. The molecular formula is C17H23ClO. The first-order chi connectivity index (χ1) is 9.11. The Morgan fingerprint density at radius 3 is 2.74 bits per heavy atom. The Morgan fingerprint density at radius 1 is 1.26 bits per heavy atom. The lowest BCUT2D eigenvalue weighted by molar-refractivity contribution is 0.239. The number of hydrogen-bond acceptors (Lipinski definition) is 1. The molecule has 0 spiro atoms. The van der Waals surface area contributed by atoms with E-state index in [-0.39, 0.29) is 0 Å². The molecule has 1 atom stereocenters. The zero-order valence-electron chi connectivity index (χ0n) is 12.1. The number of ether oxygens (including phenoxy) is 1. The Morgan fingerprint density at radius 2 is 2.05 bits per heavy atom. The van der Waals surface area contributed by atoms with Crippen molar-refractivity contribution in [3.63, 3.8) is 0 Å². The average molecular weight is 279 g/mol. The van der Waals surface area contributed by atoms with Gasteiger partial charge in [0.2, 0.25) is 0 Å². The zero-order chi connectivity index (χ0) is 14.1. The second-order valence-electron chi connectivity index (χ2n) is 5.31. The molecule has 1 aromatic rings. The summed E-state index contributed by atoms with van der Waals surface area (Å²) >= 11 is 5.60. The van der Waals surface area contributed by atoms with Gasteiger partial charge in [-0.25, -0.2) is 0 Å². The van der Waals surface area contributed by atoms with Crippen LogP contribution in [0, 0.1) is 23.7 Å². The van der Waals surface area contributed by atoms with Gasteiger partial charge in [-0.2, -0.15) is 0 Å². The molecule has 0 radical (unpaired) electrons. The molecule has 19 heavy (non-hydrogen) atoms. The molecule has 1 nitrogen and oxygen atoms in total. The molecule has 0 saturated carbocycles. The van der Waals surface area contributed by atoms with Gasteiger partial charge in [-0.15, -0.1) is 11.6 Å². The van der Waals surface area contributed by atoms with E-state index in [1.54, 1.807) is 0 Å². The van der Waals surface area contributed by atoms with Crippen LogP contribution in [0.2, 0.25) is 0 Å². The standard InChI is InChI=1S/C17H23ClO/c1-14(2)11-15(3)13-19-17-9-6-8-16(12-17)7-4-5-10-18/h6,8-9,12,14-15H,5,10-11,13H2,1-3H3. The minimum Gasteiger partial charge on any atom is -0.493 e. The third-order valence-electron chi connectivity index (χ3n) is 2.69. The Labute approximate surface area is 122 Å². The second kappa shape index (κ2) is 8.88. The Hall–Kier alpha value is -1.13. The smallest absolute Gasteiger partial charge is 0.120 e. The minimum atomic E-state index is 0.575. The maximum Gasteiger partial charge on any atom is 0.120 e. The molecule has 0 aliphatic heterocycles. The number of benzene rings is 1. The molecular weight excluding hydrogens is 256 g/mol. The largest absolute Gasteiger partial charge is 0.493 e. The van der Waals surface area contributed by atoms with Crippen molar-refractivity contribution in [3.8, 4) is 17.6 Å². The van der Waals surface area contributed by atoms with Gasteiger partial charge < -0.3 is 4.74 Å². The number of halogens is 1. The topological polar surface area (TPSA) is 9.23 Å². The molecule has 1 aromatic carbocycles. The first-order valence-corrected chi connectivity index (χ1v) is 7.43. The van der Waals surface area contributed by atoms with Crippen molar-refractivity contribution in [2.24, 2.45) is 11.8 Å². The molecule has 0 amide bonds. The first-order valence-electron chi connectivity index (χ1n) is 6.89. The lowest BCUT2D eigenvalue weighted by Crippen LogP contribution is -2.10. The Balaban J connectivity index is 2.51. The predicted molar refractivity (Wildman–Crippen MR) is 82.8 cm³/mol. The van der Waals surface area contributed by atoms with Gasteiger partial charge in [0, 0.05) is 17.9 Å². The van der Waals surface area contributed by atoms with Crippen molar-refractivity contribution in [2.45, 2.75) is 33.6 Å². The Kier molecular flexibility index (Phi) is 7.45. The Bertz CT molecular complexity index is 428. The fourth-order valence-corrected chi connectivity index (χ4v) is 2.08. The van der Waals surface area contributed by atoms with Crippen LogP contribution in [-0.4, -0.2) is 12.5 Å². The summed E-state index contributed by atoms with van der Waals surface area (Å²) < 4.78 is 5.82. The van der Waals surface area contributed by atoms with Crippen LogP contribution < -0.4 is 4.74 Å². The highest BCUT2D eigenvalue weighted by Gasteiger charge is 2.06. The van der Waals surface area contributed by atoms with Crippen LogP contribution in [0.4, 0.5) is 0 Å². The van der Waals surface area contributed by atoms with Crippen LogP contribution in [0.15, 0.2) is 24.3 Å². The summed E-state index contributed by atoms with van der Waals surface area (Å²) in [6.07, 6.45) is 1.91. The van der Waals surface area contributed by atoms with Crippen molar-refractivity contribution in [1.82, 2.24) is 0 Å². The van der Waals surface area contributed by atoms with Crippen LogP contribution in [-0.2, 0) is 0 Å². The molecule has 1 unspecified atom stereocenters. The third-order valence-corrected chi connectivity index (χ3v) is 2.88. The fraction of sp³-hybridized carbons (Fsp3) is 0.529. The van der Waals surface area contributed by atoms with E-state index in [4.69, 9.17) is 16.3 Å². The minimum absolute atomic E-state index is 0.575. The van der Waals surface area contributed by atoms with Crippen molar-refractivity contribution >= 4 is 11.6 Å². The summed E-state index contributed by atoms with van der Waals surface area (Å²) in [6, 6.07) is 7.94. The number of hydrogen-bond donors (Lipinski definition) is 0. The highest BCUT2D eigenvalue weighted by atomic mass is 35.5. The van der Waals surface area contributed by atoms with Gasteiger partial charge in [0.05, 0.1) is 6.61 Å². The van der Waals surface area contributed by atoms with Crippen molar-refractivity contribution in [1.29, 1.82) is 0 Å².